The van der Waals surface area contributed by atoms with Gasteiger partial charge in [0.05, 0.1) is 0 Å². The van der Waals surface area contributed by atoms with Crippen LogP contribution in [0.2, 0.25) is 0 Å². The van der Waals surface area contributed by atoms with Crippen molar-refractivity contribution in [3.05, 3.63) is 29.3 Å². The van der Waals surface area contributed by atoms with Gasteiger partial charge in [0.1, 0.15) is 0 Å². The Morgan fingerprint density at radius 1 is 1.06 bits per heavy atom. The van der Waals surface area contributed by atoms with Crippen molar-refractivity contribution in [2.75, 3.05) is 37.7 Å². The van der Waals surface area contributed by atoms with Crippen LogP contribution in [0.25, 0.3) is 0 Å². The summed E-state index contributed by atoms with van der Waals surface area (Å²) in [7, 11) is 0. The van der Waals surface area contributed by atoms with Crippen LogP contribution >= 0.6 is 0 Å². The van der Waals surface area contributed by atoms with Gasteiger partial charge in [-0.05, 0) is 68.3 Å². The number of hydrogen-bond acceptors (Lipinski definition) is 4. The molecule has 2 heterocycles. The van der Waals surface area contributed by atoms with Gasteiger partial charge in [0, 0.05) is 57.1 Å². The predicted molar refractivity (Wildman–Crippen MR) is 134 cm³/mol. The molecule has 0 saturated carbocycles. The predicted octanol–water partition coefficient (Wildman–Crippen LogP) is 4.76. The minimum Gasteiger partial charge on any atom is -0.381 e. The molecule has 0 spiro atoms. The van der Waals surface area contributed by atoms with Gasteiger partial charge in [-0.25, -0.2) is 0 Å². The van der Waals surface area contributed by atoms with Gasteiger partial charge in [-0.2, -0.15) is 0 Å². The second-order valence-corrected chi connectivity index (χ2v) is 10.0. The zero-order valence-electron chi connectivity index (χ0n) is 20.9. The van der Waals surface area contributed by atoms with Crippen molar-refractivity contribution in [1.29, 1.82) is 0 Å². The standard InChI is InChI=1S/C27H43N3O3/c1-21(2)11-14-28-27(32)23-9-10-26-24(19-23)20-29(25-12-17-33-18-13-25)15-7-5-4-6-8-16-30(26)22(3)31/h9-10,19,21,25H,4-8,11-18,20H2,1-3H3,(H,28,32). The second-order valence-electron chi connectivity index (χ2n) is 10.0. The number of hydrogen-bond donors (Lipinski definition) is 1. The van der Waals surface area contributed by atoms with E-state index in [-0.39, 0.29) is 11.8 Å². The first-order chi connectivity index (χ1) is 16.0. The average Bonchev–Trinajstić information content (AvgIpc) is 2.79. The van der Waals surface area contributed by atoms with Crippen LogP contribution < -0.4 is 10.2 Å². The molecule has 0 unspecified atom stereocenters. The molecule has 1 fully saturated rings. The Hall–Kier alpha value is -1.92. The highest BCUT2D eigenvalue weighted by molar-refractivity contribution is 5.97. The van der Waals surface area contributed by atoms with Crippen molar-refractivity contribution in [3.8, 4) is 0 Å². The Bertz CT molecular complexity index is 774. The van der Waals surface area contributed by atoms with Crippen molar-refractivity contribution < 1.29 is 14.3 Å². The molecule has 0 aliphatic carbocycles. The van der Waals surface area contributed by atoms with Crippen molar-refractivity contribution in [2.45, 2.75) is 84.7 Å². The summed E-state index contributed by atoms with van der Waals surface area (Å²) in [6, 6.07) is 6.38. The summed E-state index contributed by atoms with van der Waals surface area (Å²) in [5, 5.41) is 3.06. The van der Waals surface area contributed by atoms with E-state index in [0.29, 0.717) is 24.1 Å². The number of carbonyl (C=O) groups excluding carboxylic acids is 2. The molecule has 3 rings (SSSR count). The molecule has 0 bridgehead atoms. The first-order valence-electron chi connectivity index (χ1n) is 13.0. The number of carbonyl (C=O) groups is 2. The fraction of sp³-hybridized carbons (Fsp3) is 0.704. The molecule has 1 N–H and O–H groups in total. The van der Waals surface area contributed by atoms with Gasteiger partial charge in [0.15, 0.2) is 0 Å². The van der Waals surface area contributed by atoms with Crippen LogP contribution in [0.3, 0.4) is 0 Å². The molecule has 6 heteroatoms. The highest BCUT2D eigenvalue weighted by Crippen LogP contribution is 2.28. The van der Waals surface area contributed by atoms with E-state index >= 15 is 0 Å². The maximum Gasteiger partial charge on any atom is 0.251 e. The lowest BCUT2D eigenvalue weighted by Gasteiger charge is -2.36. The first-order valence-corrected chi connectivity index (χ1v) is 13.0. The summed E-state index contributed by atoms with van der Waals surface area (Å²) < 4.78 is 5.62. The molecule has 0 atom stereocenters. The quantitative estimate of drug-likeness (QED) is 0.692. The normalized spacial score (nSPS) is 19.5. The molecule has 1 aromatic carbocycles. The summed E-state index contributed by atoms with van der Waals surface area (Å²) in [4.78, 5) is 30.0. The molecule has 1 saturated heterocycles. The highest BCUT2D eigenvalue weighted by Gasteiger charge is 2.25. The third-order valence-corrected chi connectivity index (χ3v) is 6.93. The van der Waals surface area contributed by atoms with Crippen LogP contribution in [0, 0.1) is 5.92 Å². The zero-order chi connectivity index (χ0) is 23.6. The number of rotatable bonds is 5. The second kappa shape index (κ2) is 13.1. The third-order valence-electron chi connectivity index (χ3n) is 6.93. The van der Waals surface area contributed by atoms with E-state index in [4.69, 9.17) is 4.74 Å². The van der Waals surface area contributed by atoms with E-state index in [9.17, 15) is 9.59 Å². The van der Waals surface area contributed by atoms with Crippen molar-refractivity contribution >= 4 is 17.5 Å². The van der Waals surface area contributed by atoms with Crippen LogP contribution in [0.5, 0.6) is 0 Å². The van der Waals surface area contributed by atoms with Gasteiger partial charge < -0.3 is 15.0 Å². The van der Waals surface area contributed by atoms with E-state index in [1.807, 2.05) is 23.1 Å². The van der Waals surface area contributed by atoms with E-state index in [1.165, 1.54) is 19.3 Å². The molecule has 2 aliphatic rings. The summed E-state index contributed by atoms with van der Waals surface area (Å²) in [5.41, 5.74) is 2.72. The van der Waals surface area contributed by atoms with Crippen LogP contribution in [0.1, 0.15) is 88.1 Å². The number of nitrogens with zero attached hydrogens (tertiary/aromatic N) is 2. The molecule has 1 aromatic rings. The van der Waals surface area contributed by atoms with Gasteiger partial charge in [-0.3, -0.25) is 14.5 Å². The number of nitrogens with one attached hydrogen (secondary N) is 1. The number of fused-ring (bicyclic) bond motifs is 1. The maximum absolute atomic E-state index is 12.9. The molecule has 184 valence electrons. The Balaban J connectivity index is 1.90. The van der Waals surface area contributed by atoms with Crippen LogP contribution in [-0.2, 0) is 16.1 Å². The lowest BCUT2D eigenvalue weighted by Crippen LogP contribution is -2.40. The molecular formula is C27H43N3O3. The van der Waals surface area contributed by atoms with Crippen LogP contribution in [0.4, 0.5) is 5.69 Å². The van der Waals surface area contributed by atoms with Gasteiger partial charge in [0.2, 0.25) is 5.91 Å². The van der Waals surface area contributed by atoms with E-state index in [1.54, 1.807) is 6.92 Å². The smallest absolute Gasteiger partial charge is 0.251 e. The largest absolute Gasteiger partial charge is 0.381 e. The van der Waals surface area contributed by atoms with E-state index in [2.05, 4.69) is 24.1 Å². The van der Waals surface area contributed by atoms with Crippen LogP contribution in [-0.4, -0.2) is 55.6 Å². The lowest BCUT2D eigenvalue weighted by atomic mass is 10.0. The number of amides is 2. The topological polar surface area (TPSA) is 61.9 Å². The summed E-state index contributed by atoms with van der Waals surface area (Å²) in [5.74, 6) is 0.593. The number of benzene rings is 1. The minimum absolute atomic E-state index is 0.0310. The summed E-state index contributed by atoms with van der Waals surface area (Å²) >= 11 is 0. The van der Waals surface area contributed by atoms with Crippen molar-refractivity contribution in [2.24, 2.45) is 5.92 Å². The van der Waals surface area contributed by atoms with Gasteiger partial charge in [-0.1, -0.05) is 33.1 Å². The fourth-order valence-electron chi connectivity index (χ4n) is 4.92. The number of ether oxygens (including phenoxy) is 1. The molecule has 0 radical (unpaired) electrons. The molecule has 2 amide bonds. The van der Waals surface area contributed by atoms with E-state index < -0.39 is 0 Å². The Morgan fingerprint density at radius 2 is 1.76 bits per heavy atom. The average molecular weight is 458 g/mol. The molecule has 0 aromatic heterocycles. The van der Waals surface area contributed by atoms with Crippen molar-refractivity contribution in [3.63, 3.8) is 0 Å². The summed E-state index contributed by atoms with van der Waals surface area (Å²) in [6.45, 7) is 10.8. The van der Waals surface area contributed by atoms with E-state index in [0.717, 1.165) is 76.2 Å². The number of anilines is 1. The molecule has 2 aliphatic heterocycles. The van der Waals surface area contributed by atoms with Crippen LogP contribution in [0.15, 0.2) is 18.2 Å². The third kappa shape index (κ3) is 7.82. The molecule has 33 heavy (non-hydrogen) atoms. The van der Waals surface area contributed by atoms with Gasteiger partial charge in [-0.15, -0.1) is 0 Å². The molecular weight excluding hydrogens is 414 g/mol. The lowest BCUT2D eigenvalue weighted by molar-refractivity contribution is -0.116. The first kappa shape index (κ1) is 25.7. The fourth-order valence-corrected chi connectivity index (χ4v) is 4.92. The van der Waals surface area contributed by atoms with Crippen molar-refractivity contribution in [1.82, 2.24) is 10.2 Å². The minimum atomic E-state index is -0.0310. The Labute approximate surface area is 200 Å². The van der Waals surface area contributed by atoms with Gasteiger partial charge in [0.25, 0.3) is 5.91 Å². The summed E-state index contributed by atoms with van der Waals surface area (Å²) in [6.07, 6.45) is 8.85. The SMILES string of the molecule is CC(=O)N1CCCCCCCN(C2CCOCC2)Cc2cc(C(=O)NCCC(C)C)ccc21. The molecule has 6 nitrogen and oxygen atoms in total. The monoisotopic (exact) mass is 457 g/mol. The highest BCUT2D eigenvalue weighted by atomic mass is 16.5. The van der Waals surface area contributed by atoms with Gasteiger partial charge >= 0.3 is 0 Å². The Morgan fingerprint density at radius 3 is 2.45 bits per heavy atom. The maximum atomic E-state index is 12.9. The Kier molecular flexibility index (Phi) is 10.2. The zero-order valence-corrected chi connectivity index (χ0v) is 20.9.